The average Bonchev–Trinajstić information content (AvgIpc) is 2.64. The van der Waals surface area contributed by atoms with Crippen molar-refractivity contribution in [3.63, 3.8) is 0 Å². The van der Waals surface area contributed by atoms with Crippen LogP contribution in [0.3, 0.4) is 0 Å². The maximum Gasteiger partial charge on any atom is 0.248 e. The molecule has 0 radical (unpaired) electrons. The number of carbonyl (C=O) groups is 1. The number of halogens is 2. The minimum atomic E-state index is -0.650. The van der Waals surface area contributed by atoms with E-state index in [1.807, 2.05) is 24.3 Å². The Morgan fingerprint density at radius 1 is 1.10 bits per heavy atom. The third-order valence-corrected chi connectivity index (χ3v) is 3.85. The molecule has 1 heterocycles. The lowest BCUT2D eigenvalue weighted by Gasteiger charge is -2.18. The highest BCUT2D eigenvalue weighted by atomic mass is 35.5. The second-order valence-electron chi connectivity index (χ2n) is 4.74. The largest absolute Gasteiger partial charge is 0.316 e. The summed E-state index contributed by atoms with van der Waals surface area (Å²) in [7, 11) is 0. The molecule has 0 bridgehead atoms. The molecule has 0 spiro atoms. The van der Waals surface area contributed by atoms with E-state index in [0.717, 1.165) is 16.8 Å². The summed E-state index contributed by atoms with van der Waals surface area (Å²) in [5.41, 5.74) is 8.50. The quantitative estimate of drug-likeness (QED) is 0.922. The molecule has 1 unspecified atom stereocenters. The van der Waals surface area contributed by atoms with Crippen LogP contribution in [-0.2, 0) is 11.3 Å². The molecule has 2 N–H and O–H groups in total. The Labute approximate surface area is 126 Å². The number of carbonyl (C=O) groups excluding carboxylic acids is 1. The van der Waals surface area contributed by atoms with E-state index in [-0.39, 0.29) is 5.91 Å². The molecule has 0 saturated heterocycles. The molecule has 1 aliphatic rings. The number of benzene rings is 2. The van der Waals surface area contributed by atoms with Gasteiger partial charge in [0.1, 0.15) is 6.04 Å². The lowest BCUT2D eigenvalue weighted by molar-refractivity contribution is -0.119. The summed E-state index contributed by atoms with van der Waals surface area (Å²) in [6, 6.07) is 12.1. The zero-order valence-corrected chi connectivity index (χ0v) is 12.0. The summed E-state index contributed by atoms with van der Waals surface area (Å²) in [4.78, 5) is 14.0. The first-order valence-corrected chi connectivity index (χ1v) is 6.93. The fourth-order valence-corrected chi connectivity index (χ4v) is 2.81. The van der Waals surface area contributed by atoms with E-state index in [0.29, 0.717) is 16.6 Å². The summed E-state index contributed by atoms with van der Waals surface area (Å²) in [6.07, 6.45) is 0. The molecular formula is C15H12Cl2N2O. The van der Waals surface area contributed by atoms with Crippen molar-refractivity contribution in [3.8, 4) is 0 Å². The van der Waals surface area contributed by atoms with Gasteiger partial charge in [-0.25, -0.2) is 0 Å². The van der Waals surface area contributed by atoms with Crippen molar-refractivity contribution in [2.45, 2.75) is 12.6 Å². The monoisotopic (exact) mass is 306 g/mol. The first-order valence-electron chi connectivity index (χ1n) is 6.17. The number of hydrogen-bond donors (Lipinski definition) is 1. The third-order valence-electron chi connectivity index (χ3n) is 3.38. The van der Waals surface area contributed by atoms with Gasteiger partial charge in [-0.3, -0.25) is 4.79 Å². The Kier molecular flexibility index (Phi) is 3.42. The number of hydrogen-bond acceptors (Lipinski definition) is 2. The molecule has 20 heavy (non-hydrogen) atoms. The van der Waals surface area contributed by atoms with Crippen LogP contribution in [0, 0.1) is 0 Å². The van der Waals surface area contributed by atoms with Crippen molar-refractivity contribution in [3.05, 3.63) is 63.6 Å². The van der Waals surface area contributed by atoms with Gasteiger partial charge in [-0.05, 0) is 35.9 Å². The molecule has 2 aromatic carbocycles. The molecule has 1 aliphatic heterocycles. The van der Waals surface area contributed by atoms with Crippen LogP contribution in [0.1, 0.15) is 17.2 Å². The van der Waals surface area contributed by atoms with E-state index >= 15 is 0 Å². The Balaban J connectivity index is 1.97. The molecule has 0 saturated carbocycles. The minimum Gasteiger partial charge on any atom is -0.316 e. The van der Waals surface area contributed by atoms with E-state index < -0.39 is 6.04 Å². The van der Waals surface area contributed by atoms with E-state index in [9.17, 15) is 4.79 Å². The Hall–Kier alpha value is -1.55. The van der Waals surface area contributed by atoms with Crippen LogP contribution in [0.4, 0.5) is 5.69 Å². The lowest BCUT2D eigenvalue weighted by atomic mass is 10.1. The maximum absolute atomic E-state index is 12.3. The summed E-state index contributed by atoms with van der Waals surface area (Å²) >= 11 is 11.9. The van der Waals surface area contributed by atoms with Crippen LogP contribution < -0.4 is 10.6 Å². The predicted octanol–water partition coefficient (Wildman–Crippen LogP) is 3.54. The smallest absolute Gasteiger partial charge is 0.248 e. The van der Waals surface area contributed by atoms with Gasteiger partial charge < -0.3 is 10.6 Å². The second kappa shape index (κ2) is 5.09. The van der Waals surface area contributed by atoms with Crippen molar-refractivity contribution in [1.29, 1.82) is 0 Å². The van der Waals surface area contributed by atoms with Crippen molar-refractivity contribution >= 4 is 34.8 Å². The first-order chi connectivity index (χ1) is 9.56. The van der Waals surface area contributed by atoms with Gasteiger partial charge in [-0.2, -0.15) is 0 Å². The van der Waals surface area contributed by atoms with Crippen molar-refractivity contribution in [1.82, 2.24) is 0 Å². The summed E-state index contributed by atoms with van der Waals surface area (Å²) in [5, 5.41) is 1.23. The first kappa shape index (κ1) is 13.4. The van der Waals surface area contributed by atoms with E-state index in [1.54, 1.807) is 23.1 Å². The highest BCUT2D eigenvalue weighted by molar-refractivity contribution is 6.31. The molecule has 0 fully saturated rings. The summed E-state index contributed by atoms with van der Waals surface area (Å²) < 4.78 is 0. The van der Waals surface area contributed by atoms with E-state index in [2.05, 4.69) is 0 Å². The summed E-state index contributed by atoms with van der Waals surface area (Å²) in [6.45, 7) is 0.446. The van der Waals surface area contributed by atoms with E-state index in [4.69, 9.17) is 28.9 Å². The number of fused-ring (bicyclic) bond motifs is 1. The van der Waals surface area contributed by atoms with Gasteiger partial charge in [-0.15, -0.1) is 0 Å². The van der Waals surface area contributed by atoms with Gasteiger partial charge >= 0.3 is 0 Å². The number of nitrogens with two attached hydrogens (primary N) is 1. The van der Waals surface area contributed by atoms with Crippen LogP contribution in [0.15, 0.2) is 42.5 Å². The van der Waals surface area contributed by atoms with Gasteiger partial charge in [-0.1, -0.05) is 35.3 Å². The Bertz CT molecular complexity index is 687. The van der Waals surface area contributed by atoms with Gasteiger partial charge in [0.15, 0.2) is 0 Å². The van der Waals surface area contributed by atoms with Crippen LogP contribution in [0.2, 0.25) is 10.0 Å². The molecule has 3 nitrogen and oxygen atoms in total. The SMILES string of the molecule is NC1C(=O)N(Cc2cccc(Cl)c2)c2ccc(Cl)cc21. The predicted molar refractivity (Wildman–Crippen MR) is 81.0 cm³/mol. The number of amides is 1. The lowest BCUT2D eigenvalue weighted by Crippen LogP contribution is -2.31. The van der Waals surface area contributed by atoms with Gasteiger partial charge in [0.2, 0.25) is 5.91 Å². The molecule has 1 atom stereocenters. The molecule has 5 heteroatoms. The Morgan fingerprint density at radius 2 is 1.85 bits per heavy atom. The second-order valence-corrected chi connectivity index (χ2v) is 5.61. The molecule has 1 amide bonds. The van der Waals surface area contributed by atoms with Crippen LogP contribution in [-0.4, -0.2) is 5.91 Å². The molecule has 102 valence electrons. The third kappa shape index (κ3) is 2.29. The minimum absolute atomic E-state index is 0.123. The zero-order chi connectivity index (χ0) is 14.3. The highest BCUT2D eigenvalue weighted by Crippen LogP contribution is 2.37. The number of anilines is 1. The van der Waals surface area contributed by atoms with Crippen LogP contribution >= 0.6 is 23.2 Å². The standard InChI is InChI=1S/C15H12Cl2N2O/c16-10-3-1-2-9(6-10)8-19-13-5-4-11(17)7-12(13)14(18)15(19)20/h1-7,14H,8,18H2. The fourth-order valence-electron chi connectivity index (χ4n) is 2.42. The van der Waals surface area contributed by atoms with Crippen molar-refractivity contribution in [2.75, 3.05) is 4.90 Å². The molecule has 3 rings (SSSR count). The molecular weight excluding hydrogens is 295 g/mol. The maximum atomic E-state index is 12.3. The zero-order valence-electron chi connectivity index (χ0n) is 10.5. The van der Waals surface area contributed by atoms with E-state index in [1.165, 1.54) is 0 Å². The van der Waals surface area contributed by atoms with Gasteiger partial charge in [0.25, 0.3) is 0 Å². The molecule has 0 aromatic heterocycles. The highest BCUT2D eigenvalue weighted by Gasteiger charge is 2.34. The fraction of sp³-hybridized carbons (Fsp3) is 0.133. The van der Waals surface area contributed by atoms with Gasteiger partial charge in [0, 0.05) is 21.3 Å². The normalized spacial score (nSPS) is 17.4. The average molecular weight is 307 g/mol. The molecule has 2 aromatic rings. The molecule has 0 aliphatic carbocycles. The van der Waals surface area contributed by atoms with Gasteiger partial charge in [0.05, 0.1) is 6.54 Å². The number of rotatable bonds is 2. The van der Waals surface area contributed by atoms with Crippen molar-refractivity contribution in [2.24, 2.45) is 5.73 Å². The topological polar surface area (TPSA) is 46.3 Å². The summed E-state index contributed by atoms with van der Waals surface area (Å²) in [5.74, 6) is -0.123. The van der Waals surface area contributed by atoms with Crippen molar-refractivity contribution < 1.29 is 4.79 Å². The van der Waals surface area contributed by atoms with Crippen LogP contribution in [0.5, 0.6) is 0 Å². The Morgan fingerprint density at radius 3 is 2.60 bits per heavy atom. The van der Waals surface area contributed by atoms with Crippen LogP contribution in [0.25, 0.3) is 0 Å². The number of nitrogens with zero attached hydrogens (tertiary/aromatic N) is 1.